The number of hydrogen-bond acceptors (Lipinski definition) is 3. The molecule has 4 heteroatoms. The van der Waals surface area contributed by atoms with Crippen molar-refractivity contribution in [2.45, 2.75) is 13.0 Å². The quantitative estimate of drug-likeness (QED) is 0.413. The van der Waals surface area contributed by atoms with Gasteiger partial charge in [0.05, 0.1) is 0 Å². The molecular formula is C16H15IN2O. The Morgan fingerprint density at radius 2 is 2.00 bits per heavy atom. The lowest BCUT2D eigenvalue weighted by atomic mass is 10.0. The number of benzene rings is 2. The largest absolute Gasteiger partial charge is 0.459 e. The van der Waals surface area contributed by atoms with Gasteiger partial charge in [-0.3, -0.25) is 5.84 Å². The van der Waals surface area contributed by atoms with Crippen LogP contribution in [-0.4, -0.2) is 0 Å². The van der Waals surface area contributed by atoms with Crippen molar-refractivity contribution >= 4 is 33.6 Å². The summed E-state index contributed by atoms with van der Waals surface area (Å²) >= 11 is 2.29. The summed E-state index contributed by atoms with van der Waals surface area (Å²) in [6.07, 6.45) is 0. The second-order valence-corrected chi connectivity index (χ2v) is 6.09. The topological polar surface area (TPSA) is 51.2 Å². The molecule has 0 aliphatic carbocycles. The monoisotopic (exact) mass is 378 g/mol. The first-order chi connectivity index (χ1) is 9.67. The molecule has 0 spiro atoms. The minimum atomic E-state index is -0.141. The molecule has 0 saturated carbocycles. The van der Waals surface area contributed by atoms with Gasteiger partial charge in [-0.05, 0) is 65.4 Å². The van der Waals surface area contributed by atoms with Crippen molar-refractivity contribution in [3.05, 3.63) is 69.0 Å². The number of nitrogens with one attached hydrogen (secondary N) is 1. The molecule has 0 radical (unpaired) electrons. The Morgan fingerprint density at radius 1 is 1.15 bits per heavy atom. The van der Waals surface area contributed by atoms with Gasteiger partial charge in [-0.2, -0.15) is 0 Å². The van der Waals surface area contributed by atoms with Crippen molar-refractivity contribution < 1.29 is 4.42 Å². The van der Waals surface area contributed by atoms with E-state index >= 15 is 0 Å². The van der Waals surface area contributed by atoms with Crippen molar-refractivity contribution in [1.29, 1.82) is 0 Å². The average Bonchev–Trinajstić information content (AvgIpc) is 2.82. The van der Waals surface area contributed by atoms with Crippen LogP contribution in [0.3, 0.4) is 0 Å². The third-order valence-electron chi connectivity index (χ3n) is 3.32. The van der Waals surface area contributed by atoms with Gasteiger partial charge in [-0.15, -0.1) is 0 Å². The molecule has 0 bridgehead atoms. The number of nitrogens with two attached hydrogens (primary N) is 1. The fourth-order valence-corrected chi connectivity index (χ4v) is 2.92. The van der Waals surface area contributed by atoms with E-state index in [1.165, 1.54) is 9.13 Å². The van der Waals surface area contributed by atoms with Crippen molar-refractivity contribution in [2.75, 3.05) is 0 Å². The van der Waals surface area contributed by atoms with Crippen molar-refractivity contribution in [1.82, 2.24) is 5.43 Å². The van der Waals surface area contributed by atoms with Crippen LogP contribution in [0.2, 0.25) is 0 Å². The Hall–Kier alpha value is -1.37. The lowest BCUT2D eigenvalue weighted by molar-refractivity contribution is 0.477. The van der Waals surface area contributed by atoms with Crippen LogP contribution in [0.4, 0.5) is 0 Å². The van der Waals surface area contributed by atoms with E-state index < -0.39 is 0 Å². The highest BCUT2D eigenvalue weighted by atomic mass is 127. The van der Waals surface area contributed by atoms with Gasteiger partial charge in [0.15, 0.2) is 0 Å². The molecule has 1 heterocycles. The summed E-state index contributed by atoms with van der Waals surface area (Å²) in [5.74, 6) is 6.55. The molecule has 3 nitrogen and oxygen atoms in total. The van der Waals surface area contributed by atoms with E-state index in [2.05, 4.69) is 53.1 Å². The number of halogens is 1. The molecule has 102 valence electrons. The van der Waals surface area contributed by atoms with E-state index in [9.17, 15) is 0 Å². The SMILES string of the molecule is Cc1ccc2oc(C(NN)c3cccc(I)c3)cc2c1. The third kappa shape index (κ3) is 2.59. The number of rotatable bonds is 3. The third-order valence-corrected chi connectivity index (χ3v) is 4.00. The van der Waals surface area contributed by atoms with Gasteiger partial charge in [0.2, 0.25) is 0 Å². The highest BCUT2D eigenvalue weighted by Gasteiger charge is 2.17. The zero-order valence-corrected chi connectivity index (χ0v) is 13.2. The maximum absolute atomic E-state index is 5.93. The van der Waals surface area contributed by atoms with Crippen LogP contribution < -0.4 is 11.3 Å². The number of furan rings is 1. The molecule has 0 fully saturated rings. The Balaban J connectivity index is 2.07. The molecule has 1 aromatic heterocycles. The zero-order valence-electron chi connectivity index (χ0n) is 11.1. The molecule has 1 unspecified atom stereocenters. The number of aryl methyl sites for hydroxylation is 1. The molecular weight excluding hydrogens is 363 g/mol. The molecule has 1 atom stereocenters. The average molecular weight is 378 g/mol. The molecule has 3 aromatic rings. The van der Waals surface area contributed by atoms with Crippen LogP contribution in [-0.2, 0) is 0 Å². The van der Waals surface area contributed by atoms with Crippen molar-refractivity contribution in [3.63, 3.8) is 0 Å². The summed E-state index contributed by atoms with van der Waals surface area (Å²) in [4.78, 5) is 0. The van der Waals surface area contributed by atoms with Gasteiger partial charge in [0, 0.05) is 8.96 Å². The standard InChI is InChI=1S/C16H15IN2O/c1-10-5-6-14-12(7-10)9-15(20-14)16(19-18)11-3-2-4-13(17)8-11/h2-9,16,19H,18H2,1H3. The van der Waals surface area contributed by atoms with Gasteiger partial charge in [-0.25, -0.2) is 5.43 Å². The van der Waals surface area contributed by atoms with Crippen molar-refractivity contribution in [3.8, 4) is 0 Å². The van der Waals surface area contributed by atoms with Crippen LogP contribution in [0.5, 0.6) is 0 Å². The Labute approximate surface area is 131 Å². The number of hydrazine groups is 1. The maximum Gasteiger partial charge on any atom is 0.134 e. The number of fused-ring (bicyclic) bond motifs is 1. The first kappa shape index (κ1) is 13.6. The van der Waals surface area contributed by atoms with Crippen molar-refractivity contribution in [2.24, 2.45) is 5.84 Å². The van der Waals surface area contributed by atoms with Crippen LogP contribution in [0, 0.1) is 10.5 Å². The summed E-state index contributed by atoms with van der Waals surface area (Å²) in [6, 6.07) is 16.3. The van der Waals surface area contributed by atoms with Crippen LogP contribution >= 0.6 is 22.6 Å². The molecule has 0 saturated heterocycles. The van der Waals surface area contributed by atoms with Gasteiger partial charge in [-0.1, -0.05) is 23.8 Å². The minimum absolute atomic E-state index is 0.141. The van der Waals surface area contributed by atoms with Crippen LogP contribution in [0.25, 0.3) is 11.0 Å². The lowest BCUT2D eigenvalue weighted by Crippen LogP contribution is -2.28. The molecule has 2 aromatic carbocycles. The summed E-state index contributed by atoms with van der Waals surface area (Å²) in [5, 5.41) is 1.10. The second kappa shape index (κ2) is 5.55. The first-order valence-electron chi connectivity index (χ1n) is 6.39. The van der Waals surface area contributed by atoms with Crippen LogP contribution in [0.1, 0.15) is 22.9 Å². The second-order valence-electron chi connectivity index (χ2n) is 4.84. The van der Waals surface area contributed by atoms with E-state index in [-0.39, 0.29) is 6.04 Å². The summed E-state index contributed by atoms with van der Waals surface area (Å²) in [7, 11) is 0. The fraction of sp³-hybridized carbons (Fsp3) is 0.125. The maximum atomic E-state index is 5.93. The van der Waals surface area contributed by atoms with E-state index in [1.54, 1.807) is 0 Å². The molecule has 0 amide bonds. The van der Waals surface area contributed by atoms with E-state index in [0.29, 0.717) is 0 Å². The van der Waals surface area contributed by atoms with Crippen LogP contribution in [0.15, 0.2) is 52.9 Å². The molecule has 20 heavy (non-hydrogen) atoms. The van der Waals surface area contributed by atoms with Gasteiger partial charge in [0.1, 0.15) is 17.4 Å². The van der Waals surface area contributed by atoms with Gasteiger partial charge >= 0.3 is 0 Å². The zero-order chi connectivity index (χ0) is 14.1. The fourth-order valence-electron chi connectivity index (χ4n) is 2.35. The Bertz CT molecular complexity index is 751. The summed E-state index contributed by atoms with van der Waals surface area (Å²) in [5.41, 5.74) is 6.04. The molecule has 3 rings (SSSR count). The molecule has 0 aliphatic rings. The highest BCUT2D eigenvalue weighted by Crippen LogP contribution is 2.29. The van der Waals surface area contributed by atoms with E-state index in [4.69, 9.17) is 10.3 Å². The van der Waals surface area contributed by atoms with Gasteiger partial charge in [0.25, 0.3) is 0 Å². The summed E-state index contributed by atoms with van der Waals surface area (Å²) in [6.45, 7) is 2.07. The Kier molecular flexibility index (Phi) is 3.78. The smallest absolute Gasteiger partial charge is 0.134 e. The molecule has 3 N–H and O–H groups in total. The first-order valence-corrected chi connectivity index (χ1v) is 7.47. The predicted molar refractivity (Wildman–Crippen MR) is 89.3 cm³/mol. The van der Waals surface area contributed by atoms with Gasteiger partial charge < -0.3 is 4.42 Å². The highest BCUT2D eigenvalue weighted by molar-refractivity contribution is 14.1. The minimum Gasteiger partial charge on any atom is -0.459 e. The number of hydrogen-bond donors (Lipinski definition) is 2. The molecule has 0 aliphatic heterocycles. The lowest BCUT2D eigenvalue weighted by Gasteiger charge is -2.13. The van der Waals surface area contributed by atoms with E-state index in [1.807, 2.05) is 30.3 Å². The predicted octanol–water partition coefficient (Wildman–Crippen LogP) is 3.90. The normalized spacial score (nSPS) is 12.8. The van der Waals surface area contributed by atoms with E-state index in [0.717, 1.165) is 22.3 Å². The Morgan fingerprint density at radius 3 is 2.75 bits per heavy atom. The summed E-state index contributed by atoms with van der Waals surface area (Å²) < 4.78 is 7.10.